The maximum Gasteiger partial charge on any atom is 0.0714 e. The first-order chi connectivity index (χ1) is 3.93. The molecule has 42 valence electrons. The highest BCUT2D eigenvalue weighted by Crippen LogP contribution is 1.85. The van der Waals surface area contributed by atoms with Gasteiger partial charge in [-0.3, -0.25) is 0 Å². The molecule has 8 heavy (non-hydrogen) atoms. The average Bonchev–Trinajstić information content (AvgIpc) is 1.90. The Morgan fingerprint density at radius 1 is 1.88 bits per heavy atom. The van der Waals surface area contributed by atoms with Gasteiger partial charge in [0.2, 0.25) is 0 Å². The summed E-state index contributed by atoms with van der Waals surface area (Å²) in [4.78, 5) is 0. The van der Waals surface area contributed by atoms with Crippen LogP contribution in [0.5, 0.6) is 0 Å². The Balaban J connectivity index is 2.68. The van der Waals surface area contributed by atoms with Gasteiger partial charge in [0.25, 0.3) is 0 Å². The van der Waals surface area contributed by atoms with Gasteiger partial charge in [-0.05, 0) is 6.42 Å². The van der Waals surface area contributed by atoms with Crippen molar-refractivity contribution in [1.29, 1.82) is 0 Å². The number of hydrogen-bond acceptors (Lipinski definition) is 3. The second-order valence-electron chi connectivity index (χ2n) is 1.44. The Hall–Kier alpha value is -1.08. The summed E-state index contributed by atoms with van der Waals surface area (Å²) in [5, 5.41) is 7.36. The van der Waals surface area contributed by atoms with E-state index in [1.54, 1.807) is 6.08 Å². The van der Waals surface area contributed by atoms with Gasteiger partial charge in [-0.1, -0.05) is 6.92 Å². The number of allylic oxidation sites excluding steroid dienone is 1. The monoisotopic (exact) mass is 109 g/mol. The zero-order valence-corrected chi connectivity index (χ0v) is 4.68. The molecular formula is C5H7N3. The lowest BCUT2D eigenvalue weighted by molar-refractivity contribution is 0.806. The van der Waals surface area contributed by atoms with E-state index in [-0.39, 0.29) is 0 Å². The van der Waals surface area contributed by atoms with E-state index in [2.05, 4.69) is 21.6 Å². The zero-order chi connectivity index (χ0) is 5.82. The molecule has 0 unspecified atom stereocenters. The summed E-state index contributed by atoms with van der Waals surface area (Å²) >= 11 is 0. The molecule has 1 N–H and O–H groups in total. The zero-order valence-electron chi connectivity index (χ0n) is 4.68. The van der Waals surface area contributed by atoms with E-state index in [1.165, 1.54) is 0 Å². The van der Waals surface area contributed by atoms with E-state index in [4.69, 9.17) is 0 Å². The van der Waals surface area contributed by atoms with Gasteiger partial charge in [0.05, 0.1) is 5.71 Å². The number of hydrazone groups is 2. The second-order valence-corrected chi connectivity index (χ2v) is 1.44. The molecule has 0 aromatic carbocycles. The van der Waals surface area contributed by atoms with Crippen molar-refractivity contribution in [3.63, 3.8) is 0 Å². The predicted molar refractivity (Wildman–Crippen MR) is 32.9 cm³/mol. The first kappa shape index (κ1) is 5.06. The summed E-state index contributed by atoms with van der Waals surface area (Å²) in [6.07, 6.45) is 2.69. The molecule has 0 radical (unpaired) electrons. The van der Waals surface area contributed by atoms with Crippen LogP contribution in [-0.4, -0.2) is 11.6 Å². The fraction of sp³-hybridized carbons (Fsp3) is 0.400. The Morgan fingerprint density at radius 3 is 3.12 bits per heavy atom. The third kappa shape index (κ3) is 0.950. The molecule has 3 heteroatoms. The molecule has 1 heterocycles. The van der Waals surface area contributed by atoms with Gasteiger partial charge in [0.15, 0.2) is 0 Å². The maximum atomic E-state index is 3.83. The average molecular weight is 109 g/mol. The van der Waals surface area contributed by atoms with Crippen molar-refractivity contribution in [3.05, 3.63) is 6.08 Å². The molecule has 0 atom stereocenters. The topological polar surface area (TPSA) is 36.8 Å². The van der Waals surface area contributed by atoms with Crippen LogP contribution in [0.1, 0.15) is 13.3 Å². The van der Waals surface area contributed by atoms with Gasteiger partial charge >= 0.3 is 0 Å². The summed E-state index contributed by atoms with van der Waals surface area (Å²) in [5.74, 6) is 2.64. The van der Waals surface area contributed by atoms with Crippen molar-refractivity contribution in [1.82, 2.24) is 5.53 Å². The van der Waals surface area contributed by atoms with Crippen LogP contribution < -0.4 is 5.53 Å². The lowest BCUT2D eigenvalue weighted by Crippen LogP contribution is -2.04. The minimum Gasteiger partial charge on any atom is -0.190 e. The first-order valence-electron chi connectivity index (χ1n) is 2.53. The Kier molecular flexibility index (Phi) is 1.45. The van der Waals surface area contributed by atoms with Crippen LogP contribution in [0.2, 0.25) is 0 Å². The number of nitrogens with one attached hydrogen (secondary N) is 1. The quantitative estimate of drug-likeness (QED) is 0.523. The van der Waals surface area contributed by atoms with Crippen LogP contribution in [0.4, 0.5) is 0 Å². The molecule has 0 aromatic heterocycles. The first-order valence-corrected chi connectivity index (χ1v) is 2.53. The fourth-order valence-electron chi connectivity index (χ4n) is 0.438. The Morgan fingerprint density at radius 2 is 2.75 bits per heavy atom. The summed E-state index contributed by atoms with van der Waals surface area (Å²) in [5.41, 5.74) is 3.44. The number of hydrogen-bond donors (Lipinski definition) is 1. The van der Waals surface area contributed by atoms with Crippen LogP contribution in [0.15, 0.2) is 16.3 Å². The lowest BCUT2D eigenvalue weighted by Gasteiger charge is -1.95. The van der Waals surface area contributed by atoms with Crippen LogP contribution in [0.3, 0.4) is 0 Å². The molecule has 0 fully saturated rings. The van der Waals surface area contributed by atoms with Crippen molar-refractivity contribution in [2.24, 2.45) is 10.2 Å². The van der Waals surface area contributed by atoms with Crippen molar-refractivity contribution in [2.45, 2.75) is 13.3 Å². The van der Waals surface area contributed by atoms with E-state index < -0.39 is 0 Å². The smallest absolute Gasteiger partial charge is 0.0714 e. The van der Waals surface area contributed by atoms with Gasteiger partial charge in [-0.2, -0.15) is 10.6 Å². The summed E-state index contributed by atoms with van der Waals surface area (Å²) < 4.78 is 0. The third-order valence-electron chi connectivity index (χ3n) is 0.902. The van der Waals surface area contributed by atoms with Gasteiger partial charge in [0, 0.05) is 11.9 Å². The fourth-order valence-corrected chi connectivity index (χ4v) is 0.438. The van der Waals surface area contributed by atoms with Gasteiger partial charge in [-0.15, -0.1) is 5.10 Å². The van der Waals surface area contributed by atoms with E-state index in [0.29, 0.717) is 0 Å². The highest BCUT2D eigenvalue weighted by molar-refractivity contribution is 6.01. The van der Waals surface area contributed by atoms with Gasteiger partial charge < -0.3 is 0 Å². The highest BCUT2D eigenvalue weighted by atomic mass is 15.5. The third-order valence-corrected chi connectivity index (χ3v) is 0.902. The van der Waals surface area contributed by atoms with Crippen LogP contribution in [0.25, 0.3) is 0 Å². The van der Waals surface area contributed by atoms with Crippen LogP contribution in [0, 0.1) is 0 Å². The molecular weight excluding hydrogens is 102 g/mol. The molecule has 1 rings (SSSR count). The molecule has 0 spiro atoms. The van der Waals surface area contributed by atoms with Crippen molar-refractivity contribution < 1.29 is 0 Å². The van der Waals surface area contributed by atoms with E-state index >= 15 is 0 Å². The largest absolute Gasteiger partial charge is 0.190 e. The number of nitrogens with zero attached hydrogens (tertiary/aromatic N) is 2. The van der Waals surface area contributed by atoms with Crippen LogP contribution in [-0.2, 0) is 0 Å². The van der Waals surface area contributed by atoms with Crippen molar-refractivity contribution in [3.8, 4) is 0 Å². The van der Waals surface area contributed by atoms with Crippen LogP contribution >= 0.6 is 0 Å². The van der Waals surface area contributed by atoms with E-state index in [1.807, 2.05) is 6.92 Å². The highest BCUT2D eigenvalue weighted by Gasteiger charge is 1.89. The normalized spacial score (nSPS) is 15.4. The molecule has 1 aliphatic heterocycles. The molecule has 0 saturated heterocycles. The molecule has 1 aliphatic rings. The predicted octanol–water partition coefficient (Wildman–Crippen LogP) is 0.496. The van der Waals surface area contributed by atoms with Gasteiger partial charge in [0.1, 0.15) is 0 Å². The lowest BCUT2D eigenvalue weighted by atomic mass is 10.3. The van der Waals surface area contributed by atoms with Crippen molar-refractivity contribution in [2.75, 3.05) is 0 Å². The Labute approximate surface area is 47.8 Å². The molecule has 0 saturated carbocycles. The molecule has 0 aliphatic carbocycles. The van der Waals surface area contributed by atoms with E-state index in [9.17, 15) is 0 Å². The maximum absolute atomic E-state index is 3.83. The second kappa shape index (κ2) is 2.28. The summed E-state index contributed by atoms with van der Waals surface area (Å²) in [6, 6.07) is 0. The molecule has 0 amide bonds. The SMILES string of the molecule is CCC1=NNN=C=C1. The summed E-state index contributed by atoms with van der Waals surface area (Å²) in [6.45, 7) is 2.03. The minimum absolute atomic E-state index is 0.926. The standard InChI is InChI=1S/C5H7N3/c1-2-5-3-4-6-8-7-5/h3,8H,2H2,1H3. The molecule has 0 aromatic rings. The van der Waals surface area contributed by atoms with Crippen molar-refractivity contribution >= 4 is 11.6 Å². The minimum atomic E-state index is 0.926. The summed E-state index contributed by atoms with van der Waals surface area (Å²) in [7, 11) is 0. The Bertz CT molecular complexity index is 163. The molecule has 3 nitrogen and oxygen atoms in total. The van der Waals surface area contributed by atoms with Gasteiger partial charge in [-0.25, -0.2) is 0 Å². The number of rotatable bonds is 1. The molecule has 0 bridgehead atoms. The van der Waals surface area contributed by atoms with E-state index in [0.717, 1.165) is 12.1 Å².